The van der Waals surface area contributed by atoms with Gasteiger partial charge in [0.1, 0.15) is 17.1 Å². The number of aliphatic hydroxyl groups excluding tert-OH is 1. The minimum Gasteiger partial charge on any atom is -0.543 e. The van der Waals surface area contributed by atoms with Gasteiger partial charge in [-0.1, -0.05) is 11.1 Å². The van der Waals surface area contributed by atoms with Crippen LogP contribution in [0, 0.1) is 12.3 Å². The first kappa shape index (κ1) is 25.2. The van der Waals surface area contributed by atoms with E-state index in [-0.39, 0.29) is 47.7 Å². The number of carbonyl (C=O) groups is 3. The Bertz CT molecular complexity index is 1320. The Morgan fingerprint density at radius 1 is 1.50 bits per heavy atom. The molecule has 0 saturated carbocycles. The number of thioether (sulfide) groups is 1. The molecule has 0 radical (unpaired) electrons. The molecule has 4 heterocycles. The fraction of sp³-hybridized carbons (Fsp3) is 0.273. The van der Waals surface area contributed by atoms with Gasteiger partial charge in [0.25, 0.3) is 11.8 Å². The molecular formula is C22H20N6O6S2. The molecular weight excluding hydrogens is 508 g/mol. The van der Waals surface area contributed by atoms with Crippen LogP contribution in [0.3, 0.4) is 0 Å². The molecule has 14 heteroatoms. The summed E-state index contributed by atoms with van der Waals surface area (Å²) >= 11 is 2.40. The van der Waals surface area contributed by atoms with E-state index in [1.165, 1.54) is 17.1 Å². The molecule has 0 bridgehead atoms. The number of carboxylic acid groups (broad SMARTS) is 1. The van der Waals surface area contributed by atoms with Gasteiger partial charge in [0.05, 0.1) is 18.3 Å². The molecule has 4 rings (SSSR count). The summed E-state index contributed by atoms with van der Waals surface area (Å²) in [5, 5.41) is 28.7. The van der Waals surface area contributed by atoms with E-state index >= 15 is 0 Å². The summed E-state index contributed by atoms with van der Waals surface area (Å²) in [4.78, 5) is 48.0. The van der Waals surface area contributed by atoms with Crippen molar-refractivity contribution in [2.24, 2.45) is 5.16 Å². The molecule has 0 aliphatic carbocycles. The van der Waals surface area contributed by atoms with Crippen LogP contribution in [0.4, 0.5) is 5.13 Å². The number of thiazole rings is 1. The Morgan fingerprint density at radius 3 is 2.97 bits per heavy atom. The van der Waals surface area contributed by atoms with Crippen molar-refractivity contribution in [1.29, 1.82) is 0 Å². The second kappa shape index (κ2) is 10.8. The minimum atomic E-state index is -1.49. The average Bonchev–Trinajstić information content (AvgIpc) is 3.30. The lowest BCUT2D eigenvalue weighted by molar-refractivity contribution is -0.689. The number of carbonyl (C=O) groups excluding carboxylic acids is 3. The second-order valence-corrected chi connectivity index (χ2v) is 9.63. The number of amides is 2. The van der Waals surface area contributed by atoms with Gasteiger partial charge in [-0.05, 0) is 6.07 Å². The SMILES string of the molecule is C#CCON=C(C(=O)NC1C(=O)N2C(C(=O)[O-])=C(C[n+]3cccc(CO)c3)CS[C@H]12)c1csc(N)n1. The minimum absolute atomic E-state index is 0.145. The molecule has 0 spiro atoms. The second-order valence-electron chi connectivity index (χ2n) is 7.63. The molecule has 2 atom stereocenters. The van der Waals surface area contributed by atoms with E-state index in [2.05, 4.69) is 21.4 Å². The molecule has 12 nitrogen and oxygen atoms in total. The van der Waals surface area contributed by atoms with Crippen molar-refractivity contribution in [1.82, 2.24) is 15.2 Å². The summed E-state index contributed by atoms with van der Waals surface area (Å²) in [6.07, 6.45) is 8.56. The van der Waals surface area contributed by atoms with Crippen LogP contribution in [0.1, 0.15) is 11.3 Å². The molecule has 36 heavy (non-hydrogen) atoms. The zero-order chi connectivity index (χ0) is 25.8. The monoisotopic (exact) mass is 528 g/mol. The van der Waals surface area contributed by atoms with Gasteiger partial charge in [-0.15, -0.1) is 29.5 Å². The summed E-state index contributed by atoms with van der Waals surface area (Å²) in [5.74, 6) is -0.339. The summed E-state index contributed by atoms with van der Waals surface area (Å²) in [5.41, 5.74) is 6.47. The third-order valence-corrected chi connectivity index (χ3v) is 7.30. The van der Waals surface area contributed by atoms with Crippen molar-refractivity contribution in [2.45, 2.75) is 24.6 Å². The highest BCUT2D eigenvalue weighted by Gasteiger charge is 2.53. The van der Waals surface area contributed by atoms with Crippen molar-refractivity contribution < 1.29 is 34.0 Å². The smallest absolute Gasteiger partial charge is 0.276 e. The number of oxime groups is 1. The van der Waals surface area contributed by atoms with Gasteiger partial charge in [-0.25, -0.2) is 9.55 Å². The van der Waals surface area contributed by atoms with Gasteiger partial charge in [-0.3, -0.25) is 14.5 Å². The number of terminal acetylenes is 1. The predicted octanol–water partition coefficient (Wildman–Crippen LogP) is -2.04. The molecule has 2 aromatic heterocycles. The number of nitrogens with zero attached hydrogens (tertiary/aromatic N) is 4. The molecule has 2 aliphatic rings. The molecule has 1 fully saturated rings. The van der Waals surface area contributed by atoms with E-state index in [0.29, 0.717) is 11.1 Å². The van der Waals surface area contributed by atoms with Gasteiger partial charge in [0.15, 0.2) is 36.4 Å². The van der Waals surface area contributed by atoms with Crippen molar-refractivity contribution in [3.8, 4) is 12.3 Å². The fourth-order valence-corrected chi connectivity index (χ4v) is 5.61. The molecule has 186 valence electrons. The molecule has 2 aromatic rings. The van der Waals surface area contributed by atoms with Crippen LogP contribution in [0.2, 0.25) is 0 Å². The molecule has 0 aromatic carbocycles. The number of fused-ring (bicyclic) bond motifs is 1. The van der Waals surface area contributed by atoms with Crippen LogP contribution < -0.4 is 20.7 Å². The van der Waals surface area contributed by atoms with Crippen molar-refractivity contribution >= 4 is 51.7 Å². The van der Waals surface area contributed by atoms with Crippen molar-refractivity contribution in [3.63, 3.8) is 0 Å². The summed E-state index contributed by atoms with van der Waals surface area (Å²) < 4.78 is 1.72. The van der Waals surface area contributed by atoms with Gasteiger partial charge >= 0.3 is 0 Å². The number of nitrogen functional groups attached to an aromatic ring is 1. The molecule has 1 saturated heterocycles. The Kier molecular flexibility index (Phi) is 7.53. The normalized spacial score (nSPS) is 19.3. The molecule has 1 unspecified atom stereocenters. The zero-order valence-corrected chi connectivity index (χ0v) is 20.3. The summed E-state index contributed by atoms with van der Waals surface area (Å²) in [7, 11) is 0. The first-order valence-corrected chi connectivity index (χ1v) is 12.4. The van der Waals surface area contributed by atoms with Crippen LogP contribution >= 0.6 is 23.1 Å². The van der Waals surface area contributed by atoms with E-state index in [0.717, 1.165) is 16.2 Å². The number of aromatic nitrogens is 2. The average molecular weight is 529 g/mol. The van der Waals surface area contributed by atoms with Crippen molar-refractivity contribution in [3.05, 3.63) is 52.4 Å². The number of pyridine rings is 1. The number of aliphatic hydroxyl groups is 1. The predicted molar refractivity (Wildman–Crippen MR) is 127 cm³/mol. The lowest BCUT2D eigenvalue weighted by Gasteiger charge is -2.50. The molecule has 4 N–H and O–H groups in total. The highest BCUT2D eigenvalue weighted by atomic mass is 32.2. The standard InChI is InChI=1S/C22H20N6O6S2/c1-2-6-34-26-15(14-11-36-22(23)24-14)18(30)25-16-19(31)28-17(21(32)33)13(10-35-20(16)28)8-27-5-3-4-12(7-27)9-29/h1,3-5,7,11,16,20,29H,6,8-10H2,(H3-,23,24,25,30,32,33)/t16?,20-/m1/s1. The maximum atomic E-state index is 13.0. The topological polar surface area (TPSA) is 174 Å². The summed E-state index contributed by atoms with van der Waals surface area (Å²) in [6.45, 7) is -0.165. The first-order chi connectivity index (χ1) is 17.3. The van der Waals surface area contributed by atoms with Crippen LogP contribution in [0.5, 0.6) is 0 Å². The fourth-order valence-electron chi connectivity index (χ4n) is 3.73. The van der Waals surface area contributed by atoms with E-state index in [1.807, 2.05) is 0 Å². The lowest BCUT2D eigenvalue weighted by atomic mass is 10.0. The number of anilines is 1. The van der Waals surface area contributed by atoms with E-state index in [9.17, 15) is 24.6 Å². The quantitative estimate of drug-likeness (QED) is 0.0827. The highest BCUT2D eigenvalue weighted by Crippen LogP contribution is 2.40. The van der Waals surface area contributed by atoms with Crippen LogP contribution in [-0.2, 0) is 32.4 Å². The van der Waals surface area contributed by atoms with Crippen LogP contribution in [-0.4, -0.2) is 62.3 Å². The number of hydrogen-bond acceptors (Lipinski definition) is 11. The van der Waals surface area contributed by atoms with Crippen LogP contribution in [0.15, 0.2) is 46.3 Å². The Labute approximate surface area is 213 Å². The third-order valence-electron chi connectivity index (χ3n) is 5.29. The largest absolute Gasteiger partial charge is 0.543 e. The molecule has 2 aliphatic heterocycles. The maximum absolute atomic E-state index is 13.0. The Morgan fingerprint density at radius 2 is 2.31 bits per heavy atom. The summed E-state index contributed by atoms with van der Waals surface area (Å²) in [6, 6.07) is 2.46. The zero-order valence-electron chi connectivity index (χ0n) is 18.6. The van der Waals surface area contributed by atoms with Gasteiger partial charge in [-0.2, -0.15) is 0 Å². The number of nitrogens with two attached hydrogens (primary N) is 1. The van der Waals surface area contributed by atoms with Gasteiger partial charge in [0, 0.05) is 28.3 Å². The molecule has 2 amide bonds. The van der Waals surface area contributed by atoms with E-state index in [4.69, 9.17) is 17.0 Å². The number of rotatable bonds is 9. The third kappa shape index (κ3) is 5.03. The van der Waals surface area contributed by atoms with Gasteiger partial charge < -0.3 is 30.9 Å². The first-order valence-electron chi connectivity index (χ1n) is 10.5. The highest BCUT2D eigenvalue weighted by molar-refractivity contribution is 8.00. The van der Waals surface area contributed by atoms with E-state index in [1.54, 1.807) is 29.1 Å². The number of carboxylic acids is 1. The van der Waals surface area contributed by atoms with Crippen molar-refractivity contribution in [2.75, 3.05) is 18.1 Å². The van der Waals surface area contributed by atoms with E-state index < -0.39 is 29.2 Å². The number of hydrogen-bond donors (Lipinski definition) is 3. The van der Waals surface area contributed by atoms with Crippen LogP contribution in [0.25, 0.3) is 0 Å². The Balaban J connectivity index is 1.53. The van der Waals surface area contributed by atoms with Gasteiger partial charge in [0.2, 0.25) is 0 Å². The number of β-lactam (4-membered cyclic amide) rings is 1. The number of nitrogens with one attached hydrogen (secondary N) is 1. The lowest BCUT2D eigenvalue weighted by Crippen LogP contribution is -2.71. The Hall–Kier alpha value is -3.93. The maximum Gasteiger partial charge on any atom is 0.276 e. The number of aliphatic carboxylic acids is 1.